The zero-order valence-corrected chi connectivity index (χ0v) is 20.4. The van der Waals surface area contributed by atoms with E-state index in [1.165, 1.54) is 53.3 Å². The van der Waals surface area contributed by atoms with Crippen molar-refractivity contribution >= 4 is 23.4 Å². The Balaban J connectivity index is 1.13. The second-order valence-electron chi connectivity index (χ2n) is 10.4. The SMILES string of the molecule is O=C1CCC(N2Cc3cc(N4CCN(Cc5cccc6c5CCCC6)CC4)c(F)cc3C2=O)C(=O)N1. The normalized spacial score (nSPS) is 22.5. The largest absolute Gasteiger partial charge is 0.367 e. The summed E-state index contributed by atoms with van der Waals surface area (Å²) in [6.45, 7) is 4.32. The fourth-order valence-electron chi connectivity index (χ4n) is 6.21. The molecule has 6 rings (SSSR count). The quantitative estimate of drug-likeness (QED) is 0.668. The molecule has 1 N–H and O–H groups in total. The molecule has 2 fully saturated rings. The van der Waals surface area contributed by atoms with Crippen molar-refractivity contribution in [3.63, 3.8) is 0 Å². The number of fused-ring (bicyclic) bond motifs is 2. The van der Waals surface area contributed by atoms with Crippen LogP contribution in [-0.4, -0.2) is 59.7 Å². The highest BCUT2D eigenvalue weighted by Crippen LogP contribution is 2.33. The summed E-state index contributed by atoms with van der Waals surface area (Å²) in [5.41, 5.74) is 6.02. The lowest BCUT2D eigenvalue weighted by Crippen LogP contribution is -2.52. The number of carbonyl (C=O) groups excluding carboxylic acids is 3. The van der Waals surface area contributed by atoms with Crippen LogP contribution >= 0.6 is 0 Å². The van der Waals surface area contributed by atoms with Gasteiger partial charge in [0.2, 0.25) is 11.8 Å². The molecular weight excluding hydrogens is 459 g/mol. The number of carbonyl (C=O) groups is 3. The van der Waals surface area contributed by atoms with E-state index in [-0.39, 0.29) is 24.8 Å². The van der Waals surface area contributed by atoms with Crippen LogP contribution in [0, 0.1) is 5.82 Å². The number of anilines is 1. The Kier molecular flexibility index (Phi) is 5.99. The number of hydrogen-bond donors (Lipinski definition) is 1. The number of piperazine rings is 1. The molecule has 2 aromatic carbocycles. The molecule has 1 unspecified atom stereocenters. The maximum Gasteiger partial charge on any atom is 0.255 e. The smallest absolute Gasteiger partial charge is 0.255 e. The number of piperidine rings is 1. The number of amides is 3. The number of benzene rings is 2. The van der Waals surface area contributed by atoms with Gasteiger partial charge in [-0.3, -0.25) is 24.6 Å². The molecule has 3 heterocycles. The van der Waals surface area contributed by atoms with Crippen LogP contribution in [0.5, 0.6) is 0 Å². The summed E-state index contributed by atoms with van der Waals surface area (Å²) in [5.74, 6) is -1.53. The van der Waals surface area contributed by atoms with Gasteiger partial charge < -0.3 is 9.80 Å². The van der Waals surface area contributed by atoms with Crippen molar-refractivity contribution in [3.05, 3.63) is 64.0 Å². The van der Waals surface area contributed by atoms with Crippen molar-refractivity contribution in [3.8, 4) is 0 Å². The van der Waals surface area contributed by atoms with E-state index in [2.05, 4.69) is 33.3 Å². The van der Waals surface area contributed by atoms with Crippen molar-refractivity contribution in [2.45, 2.75) is 57.7 Å². The molecule has 3 amide bonds. The van der Waals surface area contributed by atoms with Gasteiger partial charge in [0.25, 0.3) is 5.91 Å². The molecule has 0 radical (unpaired) electrons. The predicted molar refractivity (Wildman–Crippen MR) is 133 cm³/mol. The number of imide groups is 1. The minimum atomic E-state index is -0.693. The molecule has 0 saturated carbocycles. The van der Waals surface area contributed by atoms with Gasteiger partial charge in [0.1, 0.15) is 11.9 Å². The van der Waals surface area contributed by atoms with Crippen LogP contribution in [0.25, 0.3) is 0 Å². The van der Waals surface area contributed by atoms with Gasteiger partial charge in [-0.2, -0.15) is 0 Å². The number of hydrogen-bond acceptors (Lipinski definition) is 5. The molecule has 0 aromatic heterocycles. The Morgan fingerprint density at radius 2 is 1.75 bits per heavy atom. The number of aryl methyl sites for hydroxylation is 1. The fraction of sp³-hybridized carbons (Fsp3) is 0.464. The Morgan fingerprint density at radius 1 is 0.944 bits per heavy atom. The number of rotatable bonds is 4. The van der Waals surface area contributed by atoms with E-state index in [1.807, 2.05) is 0 Å². The number of nitrogens with one attached hydrogen (secondary N) is 1. The molecule has 7 nitrogen and oxygen atoms in total. The lowest BCUT2D eigenvalue weighted by atomic mass is 9.88. The number of nitrogens with zero attached hydrogens (tertiary/aromatic N) is 3. The van der Waals surface area contributed by atoms with Gasteiger partial charge in [-0.25, -0.2) is 4.39 Å². The van der Waals surface area contributed by atoms with Gasteiger partial charge in [-0.15, -0.1) is 0 Å². The van der Waals surface area contributed by atoms with E-state index < -0.39 is 17.8 Å². The lowest BCUT2D eigenvalue weighted by Gasteiger charge is -2.37. The van der Waals surface area contributed by atoms with Crippen LogP contribution in [0.1, 0.15) is 58.3 Å². The molecule has 188 valence electrons. The van der Waals surface area contributed by atoms with Crippen LogP contribution in [0.15, 0.2) is 30.3 Å². The van der Waals surface area contributed by atoms with Crippen molar-refractivity contribution in [1.29, 1.82) is 0 Å². The Bertz CT molecular complexity index is 1240. The maximum atomic E-state index is 15.2. The molecule has 36 heavy (non-hydrogen) atoms. The molecule has 1 atom stereocenters. The number of halogens is 1. The molecule has 2 aromatic rings. The molecular formula is C28H31FN4O3. The predicted octanol–water partition coefficient (Wildman–Crippen LogP) is 2.79. The zero-order valence-electron chi connectivity index (χ0n) is 20.4. The van der Waals surface area contributed by atoms with Crippen molar-refractivity contribution < 1.29 is 18.8 Å². The summed E-state index contributed by atoms with van der Waals surface area (Å²) in [4.78, 5) is 42.7. The molecule has 8 heteroatoms. The van der Waals surface area contributed by atoms with Gasteiger partial charge in [-0.05, 0) is 66.5 Å². The van der Waals surface area contributed by atoms with Gasteiger partial charge in [-0.1, -0.05) is 18.2 Å². The highest BCUT2D eigenvalue weighted by atomic mass is 19.1. The third kappa shape index (κ3) is 4.17. The summed E-state index contributed by atoms with van der Waals surface area (Å²) in [6.07, 6.45) is 5.38. The van der Waals surface area contributed by atoms with E-state index in [9.17, 15) is 14.4 Å². The van der Waals surface area contributed by atoms with Gasteiger partial charge in [0.15, 0.2) is 0 Å². The third-order valence-corrected chi connectivity index (χ3v) is 8.19. The van der Waals surface area contributed by atoms with Gasteiger partial charge in [0, 0.05) is 51.3 Å². The first-order valence-electron chi connectivity index (χ1n) is 13.0. The van der Waals surface area contributed by atoms with Crippen molar-refractivity contribution in [1.82, 2.24) is 15.1 Å². The van der Waals surface area contributed by atoms with Crippen molar-refractivity contribution in [2.75, 3.05) is 31.1 Å². The van der Waals surface area contributed by atoms with Crippen LogP contribution in [0.4, 0.5) is 10.1 Å². The van der Waals surface area contributed by atoms with Crippen LogP contribution in [0.3, 0.4) is 0 Å². The Morgan fingerprint density at radius 3 is 2.56 bits per heavy atom. The summed E-state index contributed by atoms with van der Waals surface area (Å²) in [5, 5.41) is 2.31. The van der Waals surface area contributed by atoms with Gasteiger partial charge >= 0.3 is 0 Å². The maximum absolute atomic E-state index is 15.2. The van der Waals surface area contributed by atoms with Crippen LogP contribution < -0.4 is 10.2 Å². The molecule has 1 aliphatic carbocycles. The molecule has 3 aliphatic heterocycles. The van der Waals surface area contributed by atoms with E-state index in [0.717, 1.165) is 38.3 Å². The van der Waals surface area contributed by atoms with Crippen LogP contribution in [0.2, 0.25) is 0 Å². The van der Waals surface area contributed by atoms with Gasteiger partial charge in [0.05, 0.1) is 5.69 Å². The summed E-state index contributed by atoms with van der Waals surface area (Å²) in [7, 11) is 0. The summed E-state index contributed by atoms with van der Waals surface area (Å²) in [6, 6.07) is 9.09. The third-order valence-electron chi connectivity index (χ3n) is 8.19. The molecule has 0 spiro atoms. The first-order chi connectivity index (χ1) is 17.5. The zero-order chi connectivity index (χ0) is 24.8. The highest BCUT2D eigenvalue weighted by Gasteiger charge is 2.40. The first-order valence-corrected chi connectivity index (χ1v) is 13.0. The fourth-order valence-corrected chi connectivity index (χ4v) is 6.21. The Hall–Kier alpha value is -3.26. The second-order valence-corrected chi connectivity index (χ2v) is 10.4. The standard InChI is InChI=1S/C28H31FN4O3/c29-23-15-22-20(17-33(28(22)36)24-8-9-26(34)30-27(24)35)14-25(23)32-12-10-31(11-13-32)16-19-6-3-5-18-4-1-2-7-21(18)19/h3,5-6,14-15,24H,1-2,4,7-13,16-17H2,(H,30,34,35). The minimum absolute atomic E-state index is 0.201. The van der Waals surface area contributed by atoms with Crippen molar-refractivity contribution in [2.24, 2.45) is 0 Å². The van der Waals surface area contributed by atoms with E-state index in [0.29, 0.717) is 17.7 Å². The minimum Gasteiger partial charge on any atom is -0.367 e. The molecule has 4 aliphatic rings. The first kappa shape index (κ1) is 23.2. The van der Waals surface area contributed by atoms with E-state index in [1.54, 1.807) is 6.07 Å². The van der Waals surface area contributed by atoms with E-state index in [4.69, 9.17) is 0 Å². The van der Waals surface area contributed by atoms with E-state index >= 15 is 4.39 Å². The molecule has 2 saturated heterocycles. The Labute approximate surface area is 210 Å². The average molecular weight is 491 g/mol. The second kappa shape index (κ2) is 9.32. The summed E-state index contributed by atoms with van der Waals surface area (Å²) < 4.78 is 15.2. The lowest BCUT2D eigenvalue weighted by molar-refractivity contribution is -0.136. The summed E-state index contributed by atoms with van der Waals surface area (Å²) >= 11 is 0. The topological polar surface area (TPSA) is 73.0 Å². The molecule has 0 bridgehead atoms. The van der Waals surface area contributed by atoms with Crippen LogP contribution in [-0.2, 0) is 35.5 Å². The highest BCUT2D eigenvalue weighted by molar-refractivity contribution is 6.05. The average Bonchev–Trinajstić information content (AvgIpc) is 3.19. The monoisotopic (exact) mass is 490 g/mol.